The molecule has 4 unspecified atom stereocenters. The van der Waals surface area contributed by atoms with Gasteiger partial charge in [-0.1, -0.05) is 23.7 Å². The molecule has 0 rings (SSSR count). The predicted molar refractivity (Wildman–Crippen MR) is 121 cm³/mol. The van der Waals surface area contributed by atoms with Crippen LogP contribution in [0.25, 0.3) is 0 Å². The van der Waals surface area contributed by atoms with E-state index < -0.39 is 24.4 Å². The summed E-state index contributed by atoms with van der Waals surface area (Å²) in [4.78, 5) is 40.3. The van der Waals surface area contributed by atoms with Crippen molar-refractivity contribution >= 4 is 23.1 Å². The maximum absolute atomic E-state index is 10.1. The summed E-state index contributed by atoms with van der Waals surface area (Å²) in [6.45, 7) is 11.5. The summed E-state index contributed by atoms with van der Waals surface area (Å²) >= 11 is 0. The number of ketones is 4. The molecule has 0 saturated heterocycles. The van der Waals surface area contributed by atoms with Crippen molar-refractivity contribution in [1.29, 1.82) is 0 Å². The third kappa shape index (κ3) is 63.2. The largest absolute Gasteiger partial charge is 0.381 e. The fourth-order valence-corrected chi connectivity index (χ4v) is 0.824. The van der Waals surface area contributed by atoms with Crippen molar-refractivity contribution in [2.75, 3.05) is 0 Å². The number of Topliss-reactive ketones (excluding diaryl/α,β-unsaturated/α-hetero) is 4. The molecule has 0 aromatic heterocycles. The average molecular weight is 449 g/mol. The second kappa shape index (κ2) is 24.0. The maximum atomic E-state index is 10.1. The molecule has 0 aromatic carbocycles. The Kier molecular flexibility index (Phi) is 27.2. The molecule has 0 radical (unpaired) electrons. The SMILES string of the molecule is CC(=O)C#CC(C)O.CC(=O)C#CC(C)O.CC(=O)C#CC(C)O.CC(=O)C#CC(C)O. The normalized spacial score (nSPS) is 11.4. The van der Waals surface area contributed by atoms with Crippen molar-refractivity contribution in [3.05, 3.63) is 0 Å². The van der Waals surface area contributed by atoms with Gasteiger partial charge in [0.1, 0.15) is 24.4 Å². The zero-order valence-electron chi connectivity index (χ0n) is 19.7. The molecule has 0 amide bonds. The lowest BCUT2D eigenvalue weighted by Crippen LogP contribution is -1.94. The number of aliphatic hydroxyl groups is 4. The fraction of sp³-hybridized carbons (Fsp3) is 0.500. The topological polar surface area (TPSA) is 149 Å². The summed E-state index contributed by atoms with van der Waals surface area (Å²) in [6, 6.07) is 0. The average Bonchev–Trinajstić information content (AvgIpc) is 2.63. The van der Waals surface area contributed by atoms with Crippen molar-refractivity contribution in [3.63, 3.8) is 0 Å². The summed E-state index contributed by atoms with van der Waals surface area (Å²) < 4.78 is 0. The monoisotopic (exact) mass is 448 g/mol. The van der Waals surface area contributed by atoms with E-state index in [0.717, 1.165) is 0 Å². The Morgan fingerprint density at radius 2 is 0.562 bits per heavy atom. The van der Waals surface area contributed by atoms with Crippen LogP contribution in [0.5, 0.6) is 0 Å². The second-order valence-corrected chi connectivity index (χ2v) is 6.01. The van der Waals surface area contributed by atoms with Gasteiger partial charge >= 0.3 is 0 Å². The molecule has 0 spiro atoms. The zero-order chi connectivity index (χ0) is 26.3. The molecule has 8 heteroatoms. The van der Waals surface area contributed by atoms with Crippen LogP contribution < -0.4 is 0 Å². The molecule has 8 nitrogen and oxygen atoms in total. The Bertz CT molecular complexity index is 689. The third-order valence-corrected chi connectivity index (χ3v) is 1.83. The predicted octanol–water partition coefficient (Wildman–Crippen LogP) is -0.162. The Balaban J connectivity index is -0.000000163. The Morgan fingerprint density at radius 3 is 0.594 bits per heavy atom. The lowest BCUT2D eigenvalue weighted by molar-refractivity contribution is -0.112. The van der Waals surface area contributed by atoms with Gasteiger partial charge in [0.05, 0.1) is 0 Å². The summed E-state index contributed by atoms with van der Waals surface area (Å²) in [5.41, 5.74) is 0. The van der Waals surface area contributed by atoms with Gasteiger partial charge in [0, 0.05) is 27.7 Å². The molecular weight excluding hydrogens is 416 g/mol. The Hall–Kier alpha value is -3.24. The van der Waals surface area contributed by atoms with Gasteiger partial charge in [-0.25, -0.2) is 0 Å². The van der Waals surface area contributed by atoms with Crippen LogP contribution >= 0.6 is 0 Å². The number of hydrogen-bond acceptors (Lipinski definition) is 8. The summed E-state index contributed by atoms with van der Waals surface area (Å²) in [7, 11) is 0. The second-order valence-electron chi connectivity index (χ2n) is 6.01. The molecule has 0 aromatic rings. The zero-order valence-corrected chi connectivity index (χ0v) is 19.7. The van der Waals surface area contributed by atoms with Crippen LogP contribution in [0.1, 0.15) is 55.4 Å². The standard InChI is InChI=1S/4C6H8O2/c4*1-5(7)3-4-6(2)8/h4*5,7H,1-2H3. The van der Waals surface area contributed by atoms with Crippen molar-refractivity contribution in [2.45, 2.75) is 79.8 Å². The first-order valence-electron chi connectivity index (χ1n) is 9.31. The van der Waals surface area contributed by atoms with Gasteiger partial charge in [0.2, 0.25) is 23.1 Å². The molecule has 0 bridgehead atoms. The highest BCUT2D eigenvalue weighted by Crippen LogP contribution is 1.74. The van der Waals surface area contributed by atoms with E-state index in [2.05, 4.69) is 47.4 Å². The molecule has 32 heavy (non-hydrogen) atoms. The summed E-state index contributed by atoms with van der Waals surface area (Å²) in [5, 5.41) is 33.9. The summed E-state index contributed by atoms with van der Waals surface area (Å²) in [5.74, 6) is 17.2. The van der Waals surface area contributed by atoms with E-state index in [4.69, 9.17) is 20.4 Å². The van der Waals surface area contributed by atoms with Crippen LogP contribution in [-0.4, -0.2) is 68.0 Å². The van der Waals surface area contributed by atoms with Crippen molar-refractivity contribution in [3.8, 4) is 47.4 Å². The minimum Gasteiger partial charge on any atom is -0.381 e. The molecule has 0 aliphatic rings. The smallest absolute Gasteiger partial charge is 0.202 e. The van der Waals surface area contributed by atoms with Gasteiger partial charge in [-0.15, -0.1) is 0 Å². The van der Waals surface area contributed by atoms with E-state index in [1.165, 1.54) is 55.4 Å². The molecule has 0 saturated carbocycles. The van der Waals surface area contributed by atoms with Gasteiger partial charge in [0.15, 0.2) is 0 Å². The van der Waals surface area contributed by atoms with E-state index in [0.29, 0.717) is 0 Å². The van der Waals surface area contributed by atoms with Crippen LogP contribution in [0, 0.1) is 47.4 Å². The fourth-order valence-electron chi connectivity index (χ4n) is 0.824. The molecule has 0 aliphatic carbocycles. The number of rotatable bonds is 0. The molecule has 0 heterocycles. The minimum atomic E-state index is -0.695. The van der Waals surface area contributed by atoms with Gasteiger partial charge in [-0.2, -0.15) is 0 Å². The van der Waals surface area contributed by atoms with Crippen LogP contribution in [0.15, 0.2) is 0 Å². The van der Waals surface area contributed by atoms with Crippen molar-refractivity contribution in [2.24, 2.45) is 0 Å². The first kappa shape index (κ1) is 36.2. The van der Waals surface area contributed by atoms with E-state index >= 15 is 0 Å². The Morgan fingerprint density at radius 1 is 0.438 bits per heavy atom. The number of carbonyl (C=O) groups is 4. The number of carbonyl (C=O) groups excluding carboxylic acids is 4. The Labute approximate surface area is 190 Å². The molecule has 0 aliphatic heterocycles. The minimum absolute atomic E-state index is 0.217. The highest BCUT2D eigenvalue weighted by molar-refractivity contribution is 5.94. The third-order valence-electron chi connectivity index (χ3n) is 1.83. The number of hydrogen-bond donors (Lipinski definition) is 4. The highest BCUT2D eigenvalue weighted by Gasteiger charge is 1.85. The molecule has 0 fully saturated rings. The van der Waals surface area contributed by atoms with E-state index in [1.54, 1.807) is 0 Å². The van der Waals surface area contributed by atoms with Crippen LogP contribution in [0.4, 0.5) is 0 Å². The molecule has 176 valence electrons. The first-order chi connectivity index (χ1) is 14.5. The van der Waals surface area contributed by atoms with E-state index in [1.807, 2.05) is 0 Å². The quantitative estimate of drug-likeness (QED) is 0.295. The summed E-state index contributed by atoms with van der Waals surface area (Å²) in [6.07, 6.45) is -2.78. The van der Waals surface area contributed by atoms with Crippen molar-refractivity contribution in [1.82, 2.24) is 0 Å². The van der Waals surface area contributed by atoms with Crippen molar-refractivity contribution < 1.29 is 39.6 Å². The van der Waals surface area contributed by atoms with Crippen LogP contribution in [0.2, 0.25) is 0 Å². The maximum Gasteiger partial charge on any atom is 0.202 e. The van der Waals surface area contributed by atoms with Crippen LogP contribution in [-0.2, 0) is 19.2 Å². The van der Waals surface area contributed by atoms with Gasteiger partial charge in [-0.3, -0.25) is 19.2 Å². The van der Waals surface area contributed by atoms with E-state index in [-0.39, 0.29) is 23.1 Å². The molecular formula is C24H32O8. The van der Waals surface area contributed by atoms with Gasteiger partial charge in [-0.05, 0) is 51.4 Å². The van der Waals surface area contributed by atoms with Crippen LogP contribution in [0.3, 0.4) is 0 Å². The van der Waals surface area contributed by atoms with Gasteiger partial charge < -0.3 is 20.4 Å². The number of aliphatic hydroxyl groups excluding tert-OH is 4. The molecule has 4 N–H and O–H groups in total. The first-order valence-corrected chi connectivity index (χ1v) is 9.31. The van der Waals surface area contributed by atoms with Gasteiger partial charge in [0.25, 0.3) is 0 Å². The lowest BCUT2D eigenvalue weighted by Gasteiger charge is -1.83. The highest BCUT2D eigenvalue weighted by atomic mass is 16.3. The lowest BCUT2D eigenvalue weighted by atomic mass is 10.4. The molecule has 4 atom stereocenters. The van der Waals surface area contributed by atoms with E-state index in [9.17, 15) is 19.2 Å².